The van der Waals surface area contributed by atoms with Gasteiger partial charge >= 0.3 is 0 Å². The molecule has 152 valence electrons. The van der Waals surface area contributed by atoms with E-state index in [-0.39, 0.29) is 11.9 Å². The number of aromatic nitrogens is 2. The van der Waals surface area contributed by atoms with Crippen LogP contribution in [-0.4, -0.2) is 42.5 Å². The number of nitrogens with one attached hydrogen (secondary N) is 1. The van der Waals surface area contributed by atoms with E-state index >= 15 is 0 Å². The van der Waals surface area contributed by atoms with Crippen LogP contribution in [0.5, 0.6) is 17.2 Å². The number of aromatic amines is 1. The largest absolute Gasteiger partial charge is 0.497 e. The summed E-state index contributed by atoms with van der Waals surface area (Å²) < 4.78 is 30.9. The molecule has 1 aliphatic heterocycles. The molecule has 0 bridgehead atoms. The predicted molar refractivity (Wildman–Crippen MR) is 108 cm³/mol. The second-order valence-electron chi connectivity index (χ2n) is 7.11. The number of fused-ring (bicyclic) bond motifs is 1. The molecule has 7 heteroatoms. The van der Waals surface area contributed by atoms with Crippen LogP contribution < -0.4 is 14.2 Å². The first-order valence-electron chi connectivity index (χ1n) is 9.52. The van der Waals surface area contributed by atoms with E-state index in [2.05, 4.69) is 22.0 Å². The molecule has 0 spiro atoms. The first-order chi connectivity index (χ1) is 14.1. The van der Waals surface area contributed by atoms with Crippen molar-refractivity contribution in [1.29, 1.82) is 0 Å². The van der Waals surface area contributed by atoms with Gasteiger partial charge < -0.3 is 14.2 Å². The van der Waals surface area contributed by atoms with Gasteiger partial charge in [-0.25, -0.2) is 4.39 Å². The molecule has 1 N–H and O–H groups in total. The van der Waals surface area contributed by atoms with Gasteiger partial charge in [-0.15, -0.1) is 0 Å². The summed E-state index contributed by atoms with van der Waals surface area (Å²) in [6.45, 7) is 3.87. The minimum absolute atomic E-state index is 0.120. The lowest BCUT2D eigenvalue weighted by Crippen LogP contribution is -2.22. The summed E-state index contributed by atoms with van der Waals surface area (Å²) in [7, 11) is 3.55. The highest BCUT2D eigenvalue weighted by molar-refractivity contribution is 5.64. The Morgan fingerprint density at radius 2 is 1.97 bits per heavy atom. The Labute approximate surface area is 169 Å². The molecule has 1 atom stereocenters. The number of nitrogens with zero attached hydrogens (tertiary/aromatic N) is 2. The van der Waals surface area contributed by atoms with E-state index in [0.29, 0.717) is 36.8 Å². The van der Waals surface area contributed by atoms with Gasteiger partial charge in [0.1, 0.15) is 24.8 Å². The Balaban J connectivity index is 1.53. The van der Waals surface area contributed by atoms with Gasteiger partial charge in [0.25, 0.3) is 0 Å². The molecule has 6 nitrogen and oxygen atoms in total. The van der Waals surface area contributed by atoms with Crippen molar-refractivity contribution in [3.8, 4) is 28.5 Å². The van der Waals surface area contributed by atoms with Gasteiger partial charge in [0.05, 0.1) is 19.0 Å². The molecule has 3 aromatic rings. The molecule has 2 heterocycles. The highest BCUT2D eigenvalue weighted by atomic mass is 19.1. The van der Waals surface area contributed by atoms with E-state index in [4.69, 9.17) is 14.2 Å². The zero-order chi connectivity index (χ0) is 20.4. The van der Waals surface area contributed by atoms with E-state index in [1.807, 2.05) is 25.2 Å². The van der Waals surface area contributed by atoms with Crippen molar-refractivity contribution in [1.82, 2.24) is 15.1 Å². The number of halogens is 1. The zero-order valence-electron chi connectivity index (χ0n) is 16.7. The third-order valence-corrected chi connectivity index (χ3v) is 5.29. The van der Waals surface area contributed by atoms with E-state index in [1.165, 1.54) is 13.2 Å². The second kappa shape index (κ2) is 8.13. The standard InChI is InChI=1S/C22H24FN3O3/c1-14(15-4-7-20-21(10-15)29-9-8-28-20)26(2)13-16-12-24-25-22(16)18-6-5-17(27-3)11-19(18)23/h4-7,10-12,14H,8-9,13H2,1-3H3,(H,24,25). The molecule has 0 fully saturated rings. The highest BCUT2D eigenvalue weighted by Gasteiger charge is 2.20. The summed E-state index contributed by atoms with van der Waals surface area (Å²) in [5.41, 5.74) is 3.18. The van der Waals surface area contributed by atoms with Crippen LogP contribution >= 0.6 is 0 Å². The van der Waals surface area contributed by atoms with Crippen LogP contribution in [0, 0.1) is 5.82 Å². The number of ether oxygens (including phenoxy) is 3. The van der Waals surface area contributed by atoms with Gasteiger partial charge in [-0.05, 0) is 43.8 Å². The number of hydrogen-bond donors (Lipinski definition) is 1. The van der Waals surface area contributed by atoms with E-state index < -0.39 is 0 Å². The van der Waals surface area contributed by atoms with Gasteiger partial charge in [0, 0.05) is 29.8 Å². The van der Waals surface area contributed by atoms with E-state index in [1.54, 1.807) is 18.3 Å². The highest BCUT2D eigenvalue weighted by Crippen LogP contribution is 2.34. The number of hydrogen-bond acceptors (Lipinski definition) is 5. The maximum atomic E-state index is 14.5. The van der Waals surface area contributed by atoms with Gasteiger partial charge in [-0.3, -0.25) is 10.00 Å². The van der Waals surface area contributed by atoms with Crippen molar-refractivity contribution in [3.63, 3.8) is 0 Å². The third-order valence-electron chi connectivity index (χ3n) is 5.29. The summed E-state index contributed by atoms with van der Waals surface area (Å²) in [6, 6.07) is 11.0. The van der Waals surface area contributed by atoms with Crippen molar-refractivity contribution in [3.05, 3.63) is 59.5 Å². The lowest BCUT2D eigenvalue weighted by Gasteiger charge is -2.26. The molecule has 0 saturated heterocycles. The van der Waals surface area contributed by atoms with Gasteiger partial charge in [-0.2, -0.15) is 5.10 Å². The van der Waals surface area contributed by atoms with Crippen LogP contribution in [0.4, 0.5) is 4.39 Å². The van der Waals surface area contributed by atoms with Crippen LogP contribution in [-0.2, 0) is 6.54 Å². The molecule has 0 saturated carbocycles. The predicted octanol–water partition coefficient (Wildman–Crippen LogP) is 4.19. The molecule has 4 rings (SSSR count). The molecule has 29 heavy (non-hydrogen) atoms. The molecular formula is C22H24FN3O3. The zero-order valence-corrected chi connectivity index (χ0v) is 16.7. The Bertz CT molecular complexity index is 1000. The van der Waals surface area contributed by atoms with E-state index in [0.717, 1.165) is 22.6 Å². The topological polar surface area (TPSA) is 59.6 Å². The van der Waals surface area contributed by atoms with Crippen molar-refractivity contribution < 1.29 is 18.6 Å². The quantitative estimate of drug-likeness (QED) is 0.676. The molecule has 0 aliphatic carbocycles. The lowest BCUT2D eigenvalue weighted by molar-refractivity contribution is 0.170. The Hall–Kier alpha value is -3.06. The monoisotopic (exact) mass is 397 g/mol. The van der Waals surface area contributed by atoms with E-state index in [9.17, 15) is 4.39 Å². The first kappa shape index (κ1) is 19.3. The van der Waals surface area contributed by atoms with Gasteiger partial charge in [0.2, 0.25) is 0 Å². The van der Waals surface area contributed by atoms with Crippen molar-refractivity contribution in [2.24, 2.45) is 0 Å². The van der Waals surface area contributed by atoms with Crippen LogP contribution in [0.15, 0.2) is 42.6 Å². The second-order valence-corrected chi connectivity index (χ2v) is 7.11. The third kappa shape index (κ3) is 3.91. The summed E-state index contributed by atoms with van der Waals surface area (Å²) in [5, 5.41) is 7.07. The first-order valence-corrected chi connectivity index (χ1v) is 9.52. The molecular weight excluding hydrogens is 373 g/mol. The Kier molecular flexibility index (Phi) is 5.40. The number of rotatable bonds is 6. The SMILES string of the molecule is COc1ccc(-c2[nH]ncc2CN(C)C(C)c2ccc3c(c2)OCCO3)c(F)c1. The fourth-order valence-corrected chi connectivity index (χ4v) is 3.47. The number of benzene rings is 2. The van der Waals surface area contributed by atoms with Gasteiger partial charge in [-0.1, -0.05) is 6.07 Å². The summed E-state index contributed by atoms with van der Waals surface area (Å²) in [5.74, 6) is 1.69. The fraction of sp³-hybridized carbons (Fsp3) is 0.318. The summed E-state index contributed by atoms with van der Waals surface area (Å²) in [6.07, 6.45) is 1.74. The average molecular weight is 397 g/mol. The van der Waals surface area contributed by atoms with Gasteiger partial charge in [0.15, 0.2) is 11.5 Å². The Morgan fingerprint density at radius 3 is 2.72 bits per heavy atom. The van der Waals surface area contributed by atoms with Crippen LogP contribution in [0.1, 0.15) is 24.1 Å². The van der Waals surface area contributed by atoms with Crippen LogP contribution in [0.25, 0.3) is 11.3 Å². The normalized spacial score (nSPS) is 14.1. The molecule has 0 amide bonds. The maximum Gasteiger partial charge on any atom is 0.161 e. The number of methoxy groups -OCH3 is 1. The van der Waals surface area contributed by atoms with Crippen molar-refractivity contribution >= 4 is 0 Å². The van der Waals surface area contributed by atoms with Crippen LogP contribution in [0.3, 0.4) is 0 Å². The Morgan fingerprint density at radius 1 is 1.17 bits per heavy atom. The molecule has 2 aromatic carbocycles. The molecule has 1 aromatic heterocycles. The summed E-state index contributed by atoms with van der Waals surface area (Å²) in [4.78, 5) is 2.18. The molecule has 1 unspecified atom stereocenters. The van der Waals surface area contributed by atoms with Crippen LogP contribution in [0.2, 0.25) is 0 Å². The minimum atomic E-state index is -0.350. The molecule has 1 aliphatic rings. The maximum absolute atomic E-state index is 14.5. The fourth-order valence-electron chi connectivity index (χ4n) is 3.47. The summed E-state index contributed by atoms with van der Waals surface area (Å²) >= 11 is 0. The minimum Gasteiger partial charge on any atom is -0.497 e. The van der Waals surface area contributed by atoms with Crippen molar-refractivity contribution in [2.45, 2.75) is 19.5 Å². The number of H-pyrrole nitrogens is 1. The molecule has 0 radical (unpaired) electrons. The smallest absolute Gasteiger partial charge is 0.161 e. The van der Waals surface area contributed by atoms with Crippen molar-refractivity contribution in [2.75, 3.05) is 27.4 Å². The average Bonchev–Trinajstić information content (AvgIpc) is 3.20. The lowest BCUT2D eigenvalue weighted by atomic mass is 10.0.